The molecule has 0 amide bonds. The van der Waals surface area contributed by atoms with Crippen molar-refractivity contribution in [3.63, 3.8) is 0 Å². The van der Waals surface area contributed by atoms with Crippen LogP contribution >= 0.6 is 0 Å². The lowest BCUT2D eigenvalue weighted by Crippen LogP contribution is -2.11. The first kappa shape index (κ1) is 14.0. The SMILES string of the molecule is CCCCc1cc(CN(C)C)ccc1OCC. The zero-order chi connectivity index (χ0) is 12.7. The fourth-order valence-electron chi connectivity index (χ4n) is 1.96. The van der Waals surface area contributed by atoms with Crippen LogP contribution in [0.3, 0.4) is 0 Å². The minimum absolute atomic E-state index is 0.742. The number of nitrogens with zero attached hydrogens (tertiary/aromatic N) is 1. The van der Waals surface area contributed by atoms with Crippen LogP contribution in [0.15, 0.2) is 18.2 Å². The highest BCUT2D eigenvalue weighted by molar-refractivity contribution is 5.37. The van der Waals surface area contributed by atoms with Gasteiger partial charge in [0.25, 0.3) is 0 Å². The molecule has 1 aromatic carbocycles. The Balaban J connectivity index is 2.84. The predicted octanol–water partition coefficient (Wildman–Crippen LogP) is 3.49. The summed E-state index contributed by atoms with van der Waals surface area (Å²) in [7, 11) is 4.20. The maximum atomic E-state index is 5.68. The molecule has 0 N–H and O–H groups in total. The highest BCUT2D eigenvalue weighted by Crippen LogP contribution is 2.22. The van der Waals surface area contributed by atoms with Gasteiger partial charge in [-0.3, -0.25) is 0 Å². The van der Waals surface area contributed by atoms with E-state index in [9.17, 15) is 0 Å². The molecule has 0 aliphatic rings. The molecule has 0 spiro atoms. The fourth-order valence-corrected chi connectivity index (χ4v) is 1.96. The van der Waals surface area contributed by atoms with Crippen LogP contribution in [0.5, 0.6) is 5.75 Å². The fraction of sp³-hybridized carbons (Fsp3) is 0.600. The van der Waals surface area contributed by atoms with Crippen molar-refractivity contribution < 1.29 is 4.74 Å². The van der Waals surface area contributed by atoms with E-state index in [4.69, 9.17) is 4.74 Å². The first-order valence-corrected chi connectivity index (χ1v) is 6.56. The standard InChI is InChI=1S/C15H25NO/c1-5-7-8-14-11-13(12-16(3)4)9-10-15(14)17-6-2/h9-11H,5-8,12H2,1-4H3. The van der Waals surface area contributed by atoms with Gasteiger partial charge in [-0.25, -0.2) is 0 Å². The number of benzene rings is 1. The zero-order valence-corrected chi connectivity index (χ0v) is 11.6. The summed E-state index contributed by atoms with van der Waals surface area (Å²) in [6, 6.07) is 6.58. The first-order valence-electron chi connectivity index (χ1n) is 6.56. The molecule has 0 aromatic heterocycles. The van der Waals surface area contributed by atoms with Gasteiger partial charge in [0.2, 0.25) is 0 Å². The summed E-state index contributed by atoms with van der Waals surface area (Å²) in [6.45, 7) is 6.00. The van der Waals surface area contributed by atoms with Gasteiger partial charge in [-0.05, 0) is 51.1 Å². The summed E-state index contributed by atoms with van der Waals surface area (Å²) in [6.07, 6.45) is 3.57. The molecule has 0 bridgehead atoms. The van der Waals surface area contributed by atoms with Crippen molar-refractivity contribution in [2.45, 2.75) is 39.7 Å². The minimum Gasteiger partial charge on any atom is -0.494 e. The van der Waals surface area contributed by atoms with E-state index in [0.717, 1.165) is 25.3 Å². The van der Waals surface area contributed by atoms with E-state index in [1.165, 1.54) is 24.0 Å². The van der Waals surface area contributed by atoms with Gasteiger partial charge in [0.05, 0.1) is 6.61 Å². The second kappa shape index (κ2) is 7.33. The van der Waals surface area contributed by atoms with Gasteiger partial charge in [0.1, 0.15) is 5.75 Å². The lowest BCUT2D eigenvalue weighted by molar-refractivity contribution is 0.335. The molecular formula is C15H25NO. The molecule has 0 heterocycles. The van der Waals surface area contributed by atoms with Crippen molar-refractivity contribution in [3.8, 4) is 5.75 Å². The molecule has 0 atom stereocenters. The maximum absolute atomic E-state index is 5.68. The molecule has 17 heavy (non-hydrogen) atoms. The number of unbranched alkanes of at least 4 members (excludes halogenated alkanes) is 1. The molecule has 0 aliphatic heterocycles. The first-order chi connectivity index (χ1) is 8.17. The van der Waals surface area contributed by atoms with Gasteiger partial charge in [0, 0.05) is 6.54 Å². The van der Waals surface area contributed by atoms with Crippen molar-refractivity contribution in [1.29, 1.82) is 0 Å². The molecule has 0 radical (unpaired) electrons. The summed E-state index contributed by atoms with van der Waals surface area (Å²) >= 11 is 0. The van der Waals surface area contributed by atoms with E-state index in [0.29, 0.717) is 0 Å². The highest BCUT2D eigenvalue weighted by Gasteiger charge is 2.05. The molecular weight excluding hydrogens is 210 g/mol. The quantitative estimate of drug-likeness (QED) is 0.717. The van der Waals surface area contributed by atoms with Gasteiger partial charge in [-0.2, -0.15) is 0 Å². The van der Waals surface area contributed by atoms with E-state index in [-0.39, 0.29) is 0 Å². The van der Waals surface area contributed by atoms with E-state index < -0.39 is 0 Å². The number of aryl methyl sites for hydroxylation is 1. The maximum Gasteiger partial charge on any atom is 0.122 e. The number of ether oxygens (including phenoxy) is 1. The normalized spacial score (nSPS) is 10.9. The third kappa shape index (κ3) is 4.78. The third-order valence-corrected chi connectivity index (χ3v) is 2.72. The van der Waals surface area contributed by atoms with Crippen molar-refractivity contribution >= 4 is 0 Å². The molecule has 0 aliphatic carbocycles. The Kier molecular flexibility index (Phi) is 6.06. The Morgan fingerprint density at radius 2 is 1.94 bits per heavy atom. The molecule has 0 fully saturated rings. The average molecular weight is 235 g/mol. The van der Waals surface area contributed by atoms with Crippen molar-refractivity contribution in [2.75, 3.05) is 20.7 Å². The lowest BCUT2D eigenvalue weighted by atomic mass is 10.0. The molecule has 0 saturated carbocycles. The van der Waals surface area contributed by atoms with Crippen LogP contribution in [0.1, 0.15) is 37.8 Å². The summed E-state index contributed by atoms with van der Waals surface area (Å²) in [4.78, 5) is 2.19. The molecule has 0 saturated heterocycles. The summed E-state index contributed by atoms with van der Waals surface area (Å²) in [5, 5.41) is 0. The third-order valence-electron chi connectivity index (χ3n) is 2.72. The van der Waals surface area contributed by atoms with Crippen LogP contribution in [0.4, 0.5) is 0 Å². The van der Waals surface area contributed by atoms with Crippen LogP contribution in [-0.2, 0) is 13.0 Å². The smallest absolute Gasteiger partial charge is 0.122 e. The molecule has 2 heteroatoms. The second-order valence-electron chi connectivity index (χ2n) is 4.72. The van der Waals surface area contributed by atoms with Gasteiger partial charge >= 0.3 is 0 Å². The van der Waals surface area contributed by atoms with Gasteiger partial charge in [-0.15, -0.1) is 0 Å². The van der Waals surface area contributed by atoms with Gasteiger partial charge in [0.15, 0.2) is 0 Å². The van der Waals surface area contributed by atoms with Gasteiger partial charge < -0.3 is 9.64 Å². The van der Waals surface area contributed by atoms with E-state index >= 15 is 0 Å². The Bertz CT molecular complexity index is 334. The van der Waals surface area contributed by atoms with Crippen LogP contribution in [0.25, 0.3) is 0 Å². The topological polar surface area (TPSA) is 12.5 Å². The van der Waals surface area contributed by atoms with Gasteiger partial charge in [-0.1, -0.05) is 25.5 Å². The average Bonchev–Trinajstić information content (AvgIpc) is 2.28. The highest BCUT2D eigenvalue weighted by atomic mass is 16.5. The summed E-state index contributed by atoms with van der Waals surface area (Å²) in [5.74, 6) is 1.06. The molecule has 1 aromatic rings. The Morgan fingerprint density at radius 3 is 2.53 bits per heavy atom. The second-order valence-corrected chi connectivity index (χ2v) is 4.72. The van der Waals surface area contributed by atoms with Crippen LogP contribution in [-0.4, -0.2) is 25.6 Å². The Morgan fingerprint density at radius 1 is 1.18 bits per heavy atom. The number of hydrogen-bond acceptors (Lipinski definition) is 2. The molecule has 1 rings (SSSR count). The van der Waals surface area contributed by atoms with Crippen molar-refractivity contribution in [1.82, 2.24) is 4.90 Å². The number of hydrogen-bond donors (Lipinski definition) is 0. The molecule has 2 nitrogen and oxygen atoms in total. The summed E-state index contributed by atoms with van der Waals surface area (Å²) < 4.78 is 5.68. The largest absolute Gasteiger partial charge is 0.494 e. The number of rotatable bonds is 7. The Hall–Kier alpha value is -1.02. The van der Waals surface area contributed by atoms with Crippen molar-refractivity contribution in [3.05, 3.63) is 29.3 Å². The van der Waals surface area contributed by atoms with E-state index in [1.54, 1.807) is 0 Å². The lowest BCUT2D eigenvalue weighted by Gasteiger charge is -2.14. The van der Waals surface area contributed by atoms with Crippen LogP contribution < -0.4 is 4.74 Å². The monoisotopic (exact) mass is 235 g/mol. The Labute approximate surface area is 106 Å². The van der Waals surface area contributed by atoms with Crippen LogP contribution in [0, 0.1) is 0 Å². The van der Waals surface area contributed by atoms with Crippen molar-refractivity contribution in [2.24, 2.45) is 0 Å². The zero-order valence-electron chi connectivity index (χ0n) is 11.6. The molecule has 96 valence electrons. The predicted molar refractivity (Wildman–Crippen MR) is 73.6 cm³/mol. The minimum atomic E-state index is 0.742. The van der Waals surface area contributed by atoms with E-state index in [1.807, 2.05) is 6.92 Å². The molecule has 0 unspecified atom stereocenters. The van der Waals surface area contributed by atoms with Crippen LogP contribution in [0.2, 0.25) is 0 Å². The van der Waals surface area contributed by atoms with E-state index in [2.05, 4.69) is 44.1 Å². The summed E-state index contributed by atoms with van der Waals surface area (Å²) in [5.41, 5.74) is 2.72.